The second kappa shape index (κ2) is 5.62. The maximum atomic E-state index is 12.4. The zero-order valence-corrected chi connectivity index (χ0v) is 12.5. The van der Waals surface area contributed by atoms with Gasteiger partial charge in [0.05, 0.1) is 12.1 Å². The fraction of sp³-hybridized carbons (Fsp3) is 0.500. The number of hydrogen-bond acceptors (Lipinski definition) is 4. The summed E-state index contributed by atoms with van der Waals surface area (Å²) in [6.07, 6.45) is -2.13. The fourth-order valence-electron chi connectivity index (χ4n) is 2.85. The average molecular weight is 344 g/mol. The van der Waals surface area contributed by atoms with Gasteiger partial charge in [-0.15, -0.1) is 0 Å². The van der Waals surface area contributed by atoms with Gasteiger partial charge in [0, 0.05) is 19.3 Å². The van der Waals surface area contributed by atoms with Crippen molar-refractivity contribution in [3.63, 3.8) is 0 Å². The summed E-state index contributed by atoms with van der Waals surface area (Å²) in [5.41, 5.74) is -1.37. The van der Waals surface area contributed by atoms with Crippen LogP contribution in [0, 0.1) is 0 Å². The largest absolute Gasteiger partial charge is 0.471 e. The molecule has 1 N–H and O–H groups in total. The molecule has 130 valence electrons. The molecular formula is C14H15F3N4O3. The Kier molecular flexibility index (Phi) is 3.86. The van der Waals surface area contributed by atoms with Crippen LogP contribution in [0.2, 0.25) is 0 Å². The topological polar surface area (TPSA) is 79.8 Å². The van der Waals surface area contributed by atoms with Crippen molar-refractivity contribution >= 4 is 11.4 Å². The summed E-state index contributed by atoms with van der Waals surface area (Å²) in [6.45, 7) is -0.524. The third kappa shape index (κ3) is 3.01. The van der Waals surface area contributed by atoms with Gasteiger partial charge in [-0.1, -0.05) is 0 Å². The Morgan fingerprint density at radius 2 is 2.00 bits per heavy atom. The second-order valence-electron chi connectivity index (χ2n) is 5.92. The van der Waals surface area contributed by atoms with Crippen molar-refractivity contribution in [2.24, 2.45) is 0 Å². The van der Waals surface area contributed by atoms with Crippen LogP contribution in [0.3, 0.4) is 0 Å². The lowest BCUT2D eigenvalue weighted by atomic mass is 9.91. The predicted molar refractivity (Wildman–Crippen MR) is 76.3 cm³/mol. The van der Waals surface area contributed by atoms with E-state index in [0.29, 0.717) is 10.4 Å². The molecule has 10 heteroatoms. The van der Waals surface area contributed by atoms with Gasteiger partial charge in [0.2, 0.25) is 0 Å². The maximum absolute atomic E-state index is 12.4. The summed E-state index contributed by atoms with van der Waals surface area (Å²) in [7, 11) is 0. The van der Waals surface area contributed by atoms with E-state index in [0.717, 1.165) is 0 Å². The van der Waals surface area contributed by atoms with Crippen molar-refractivity contribution in [2.75, 3.05) is 13.1 Å². The first-order valence-electron chi connectivity index (χ1n) is 7.31. The van der Waals surface area contributed by atoms with Crippen molar-refractivity contribution in [1.29, 1.82) is 0 Å². The van der Waals surface area contributed by atoms with Gasteiger partial charge in [0.1, 0.15) is 11.8 Å². The van der Waals surface area contributed by atoms with Crippen LogP contribution in [0.15, 0.2) is 29.5 Å². The van der Waals surface area contributed by atoms with E-state index in [2.05, 4.69) is 5.10 Å². The average Bonchev–Trinajstić information content (AvgIpc) is 2.99. The molecule has 1 fully saturated rings. The standard InChI is InChI=1S/C14H15F3N4O3/c15-14(16,17)12(23)19-6-3-13(24,4-7-19)8-20-9-18-21-5-1-2-10(21)11(20)22/h1-2,5,9,24H,3-4,6-8H2. The number of halogens is 3. The number of rotatable bonds is 2. The van der Waals surface area contributed by atoms with Crippen LogP contribution >= 0.6 is 0 Å². The Hall–Kier alpha value is -2.36. The molecule has 24 heavy (non-hydrogen) atoms. The highest BCUT2D eigenvalue weighted by molar-refractivity contribution is 5.81. The molecule has 0 aromatic carbocycles. The van der Waals surface area contributed by atoms with Gasteiger partial charge in [-0.2, -0.15) is 18.3 Å². The molecule has 0 unspecified atom stereocenters. The summed E-state index contributed by atoms with van der Waals surface area (Å²) >= 11 is 0. The zero-order chi connectivity index (χ0) is 17.5. The molecule has 1 amide bonds. The third-order valence-corrected chi connectivity index (χ3v) is 4.21. The van der Waals surface area contributed by atoms with Crippen LogP contribution in [-0.2, 0) is 11.3 Å². The molecule has 2 aromatic heterocycles. The first-order valence-corrected chi connectivity index (χ1v) is 7.31. The molecule has 1 saturated heterocycles. The number of carbonyl (C=O) groups excluding carboxylic acids is 1. The Balaban J connectivity index is 1.73. The van der Waals surface area contributed by atoms with Crippen molar-refractivity contribution in [1.82, 2.24) is 19.1 Å². The molecule has 0 bridgehead atoms. The Morgan fingerprint density at radius 3 is 2.62 bits per heavy atom. The minimum absolute atomic E-state index is 0.0482. The number of nitrogens with zero attached hydrogens (tertiary/aromatic N) is 4. The van der Waals surface area contributed by atoms with Crippen molar-refractivity contribution in [3.8, 4) is 0 Å². The van der Waals surface area contributed by atoms with Gasteiger partial charge in [0.25, 0.3) is 5.56 Å². The van der Waals surface area contributed by atoms with E-state index in [1.807, 2.05) is 0 Å². The minimum Gasteiger partial charge on any atom is -0.388 e. The molecule has 3 rings (SSSR count). The van der Waals surface area contributed by atoms with Crippen LogP contribution in [0.1, 0.15) is 12.8 Å². The SMILES string of the molecule is O=C(N1CCC(O)(Cn2cnn3cccc3c2=O)CC1)C(F)(F)F. The minimum atomic E-state index is -4.92. The molecular weight excluding hydrogens is 329 g/mol. The van der Waals surface area contributed by atoms with E-state index in [4.69, 9.17) is 0 Å². The molecule has 0 atom stereocenters. The molecule has 0 radical (unpaired) electrons. The first kappa shape index (κ1) is 16.5. The Morgan fingerprint density at radius 1 is 1.33 bits per heavy atom. The van der Waals surface area contributed by atoms with E-state index in [1.54, 1.807) is 18.3 Å². The lowest BCUT2D eigenvalue weighted by Gasteiger charge is -2.38. The molecule has 0 spiro atoms. The molecule has 0 aliphatic carbocycles. The van der Waals surface area contributed by atoms with E-state index >= 15 is 0 Å². The maximum Gasteiger partial charge on any atom is 0.471 e. The number of hydrogen-bond donors (Lipinski definition) is 1. The van der Waals surface area contributed by atoms with Crippen LogP contribution in [0.25, 0.3) is 5.52 Å². The summed E-state index contributed by atoms with van der Waals surface area (Å²) in [5.74, 6) is -1.90. The summed E-state index contributed by atoms with van der Waals surface area (Å²) in [6, 6.07) is 3.24. The predicted octanol–water partition coefficient (Wildman–Crippen LogP) is 0.412. The number of carbonyl (C=O) groups is 1. The van der Waals surface area contributed by atoms with Gasteiger partial charge in [-0.3, -0.25) is 14.2 Å². The normalized spacial score (nSPS) is 18.1. The lowest BCUT2D eigenvalue weighted by Crippen LogP contribution is -2.52. The number of likely N-dealkylation sites (tertiary alicyclic amines) is 1. The molecule has 0 saturated carbocycles. The number of piperidine rings is 1. The molecule has 7 nitrogen and oxygen atoms in total. The Bertz CT molecular complexity index is 819. The van der Waals surface area contributed by atoms with E-state index in [-0.39, 0.29) is 38.0 Å². The monoisotopic (exact) mass is 344 g/mol. The van der Waals surface area contributed by atoms with Crippen molar-refractivity contribution < 1.29 is 23.1 Å². The highest BCUT2D eigenvalue weighted by atomic mass is 19.4. The van der Waals surface area contributed by atoms with Gasteiger partial charge in [-0.25, -0.2) is 4.52 Å². The molecule has 3 heterocycles. The van der Waals surface area contributed by atoms with Gasteiger partial charge in [0.15, 0.2) is 0 Å². The van der Waals surface area contributed by atoms with Crippen molar-refractivity contribution in [3.05, 3.63) is 35.0 Å². The van der Waals surface area contributed by atoms with Crippen LogP contribution in [-0.4, -0.2) is 55.0 Å². The summed E-state index contributed by atoms with van der Waals surface area (Å²) < 4.78 is 39.9. The first-order chi connectivity index (χ1) is 11.2. The number of aliphatic hydroxyl groups is 1. The molecule has 2 aromatic rings. The summed E-state index contributed by atoms with van der Waals surface area (Å²) in [4.78, 5) is 24.2. The quantitative estimate of drug-likeness (QED) is 0.856. The van der Waals surface area contributed by atoms with E-state index in [1.165, 1.54) is 15.4 Å². The smallest absolute Gasteiger partial charge is 0.388 e. The number of amides is 1. The third-order valence-electron chi connectivity index (χ3n) is 4.21. The molecule has 1 aliphatic rings. The molecule has 1 aliphatic heterocycles. The zero-order valence-electron chi connectivity index (χ0n) is 12.5. The van der Waals surface area contributed by atoms with E-state index < -0.39 is 17.7 Å². The number of fused-ring (bicyclic) bond motifs is 1. The summed E-state index contributed by atoms with van der Waals surface area (Å²) in [5, 5.41) is 14.6. The van der Waals surface area contributed by atoms with Crippen LogP contribution in [0.5, 0.6) is 0 Å². The van der Waals surface area contributed by atoms with Gasteiger partial charge >= 0.3 is 12.1 Å². The Labute approximate surface area is 133 Å². The lowest BCUT2D eigenvalue weighted by molar-refractivity contribution is -0.188. The van der Waals surface area contributed by atoms with Crippen LogP contribution < -0.4 is 5.56 Å². The van der Waals surface area contributed by atoms with Crippen LogP contribution in [0.4, 0.5) is 13.2 Å². The van der Waals surface area contributed by atoms with Gasteiger partial charge < -0.3 is 10.0 Å². The van der Waals surface area contributed by atoms with Crippen molar-refractivity contribution in [2.45, 2.75) is 31.2 Å². The van der Waals surface area contributed by atoms with Gasteiger partial charge in [-0.05, 0) is 25.0 Å². The fourth-order valence-corrected chi connectivity index (χ4v) is 2.85. The van der Waals surface area contributed by atoms with E-state index in [9.17, 15) is 27.9 Å². The highest BCUT2D eigenvalue weighted by Gasteiger charge is 2.45. The second-order valence-corrected chi connectivity index (χ2v) is 5.92. The number of aromatic nitrogens is 3. The highest BCUT2D eigenvalue weighted by Crippen LogP contribution is 2.27. The number of alkyl halides is 3.